The minimum atomic E-state index is -2.88. The molecule has 0 bridgehead atoms. The van der Waals surface area contributed by atoms with Crippen molar-refractivity contribution in [3.63, 3.8) is 0 Å². The van der Waals surface area contributed by atoms with Gasteiger partial charge in [-0.15, -0.1) is 0 Å². The molecule has 0 amide bonds. The molecule has 0 spiro atoms. The smallest absolute Gasteiger partial charge is 0.417 e. The van der Waals surface area contributed by atoms with Crippen molar-refractivity contribution in [3.05, 3.63) is 64.3 Å². The van der Waals surface area contributed by atoms with Crippen molar-refractivity contribution in [2.24, 2.45) is 0 Å². The molecule has 0 fully saturated rings. The first-order valence-corrected chi connectivity index (χ1v) is 8.93. The van der Waals surface area contributed by atoms with Crippen LogP contribution in [0.4, 0.5) is 31.9 Å². The van der Waals surface area contributed by atoms with Gasteiger partial charge in [0.05, 0.1) is 5.52 Å². The summed E-state index contributed by atoms with van der Waals surface area (Å²) >= 11 is 0. The Kier molecular flexibility index (Phi) is 5.05. The number of aryl methyl sites for hydroxylation is 2. The Hall–Kier alpha value is -3.95. The molecule has 4 rings (SSSR count). The van der Waals surface area contributed by atoms with Gasteiger partial charge in [0, 0.05) is 23.1 Å². The van der Waals surface area contributed by atoms with Crippen LogP contribution >= 0.6 is 0 Å². The van der Waals surface area contributed by atoms with Crippen molar-refractivity contribution in [3.8, 4) is 5.75 Å². The average Bonchev–Trinajstić information content (AvgIpc) is 3.06. The third kappa shape index (κ3) is 4.22. The van der Waals surface area contributed by atoms with Crippen LogP contribution in [0, 0.1) is 13.8 Å². The van der Waals surface area contributed by atoms with Crippen LogP contribution in [0.25, 0.3) is 11.1 Å². The molecule has 8 nitrogen and oxygen atoms in total. The number of fused-ring (bicyclic) bond motifs is 1. The molecule has 2 aromatic carbocycles. The summed E-state index contributed by atoms with van der Waals surface area (Å²) in [5, 5.41) is 6.23. The van der Waals surface area contributed by atoms with E-state index in [0.717, 1.165) is 5.56 Å². The number of nitrogens with zero attached hydrogens (tertiary/aromatic N) is 2. The maximum Gasteiger partial charge on any atom is 0.417 e. The predicted octanol–water partition coefficient (Wildman–Crippen LogP) is 4.62. The topological polar surface area (TPSA) is 105 Å². The highest BCUT2D eigenvalue weighted by Crippen LogP contribution is 2.26. The van der Waals surface area contributed by atoms with Crippen molar-refractivity contribution >= 4 is 34.2 Å². The number of aromatic amines is 1. The van der Waals surface area contributed by atoms with Gasteiger partial charge in [-0.05, 0) is 55.8 Å². The largest absolute Gasteiger partial charge is 0.435 e. The Labute approximate surface area is 168 Å². The summed E-state index contributed by atoms with van der Waals surface area (Å²) in [5.74, 6) is 0.470. The number of aromatic nitrogens is 3. The SMILES string of the molecule is Cc1cc(Nc2ncc(C)c(Nc3ccc4oc(=O)[nH]c4c3)n2)ccc1OC(F)F. The molecular weight excluding hydrogens is 396 g/mol. The minimum absolute atomic E-state index is 0.107. The van der Waals surface area contributed by atoms with Gasteiger partial charge in [-0.25, -0.2) is 9.78 Å². The second-order valence-corrected chi connectivity index (χ2v) is 6.56. The maximum absolute atomic E-state index is 12.4. The number of oxazole rings is 1. The van der Waals surface area contributed by atoms with Crippen molar-refractivity contribution in [1.82, 2.24) is 15.0 Å². The lowest BCUT2D eigenvalue weighted by Crippen LogP contribution is -2.05. The molecule has 0 radical (unpaired) electrons. The molecule has 0 saturated heterocycles. The Balaban J connectivity index is 1.55. The Bertz CT molecular complexity index is 1270. The molecular formula is C20H17F2N5O3. The van der Waals surface area contributed by atoms with Gasteiger partial charge in [-0.1, -0.05) is 0 Å². The summed E-state index contributed by atoms with van der Waals surface area (Å²) in [6.45, 7) is 0.642. The third-order valence-corrected chi connectivity index (χ3v) is 4.30. The van der Waals surface area contributed by atoms with Crippen molar-refractivity contribution in [2.45, 2.75) is 20.5 Å². The third-order valence-electron chi connectivity index (χ3n) is 4.30. The van der Waals surface area contributed by atoms with E-state index in [1.165, 1.54) is 6.07 Å². The number of hydrogen-bond donors (Lipinski definition) is 3. The van der Waals surface area contributed by atoms with E-state index in [9.17, 15) is 13.6 Å². The molecule has 2 aromatic heterocycles. The fourth-order valence-electron chi connectivity index (χ4n) is 2.88. The molecule has 154 valence electrons. The number of anilines is 4. The van der Waals surface area contributed by atoms with Crippen LogP contribution in [0.2, 0.25) is 0 Å². The van der Waals surface area contributed by atoms with Crippen LogP contribution in [0.1, 0.15) is 11.1 Å². The highest BCUT2D eigenvalue weighted by molar-refractivity contribution is 5.78. The van der Waals surface area contributed by atoms with E-state index in [0.29, 0.717) is 39.8 Å². The van der Waals surface area contributed by atoms with Gasteiger partial charge < -0.3 is 19.8 Å². The second-order valence-electron chi connectivity index (χ2n) is 6.56. The van der Waals surface area contributed by atoms with Gasteiger partial charge in [0.25, 0.3) is 0 Å². The van der Waals surface area contributed by atoms with Crippen LogP contribution in [0.5, 0.6) is 5.75 Å². The fraction of sp³-hybridized carbons (Fsp3) is 0.150. The minimum Gasteiger partial charge on any atom is -0.435 e. The van der Waals surface area contributed by atoms with E-state index >= 15 is 0 Å². The predicted molar refractivity (Wildman–Crippen MR) is 108 cm³/mol. The molecule has 0 aliphatic rings. The standard InChI is InChI=1S/C20H17F2N5O3/c1-10-7-12(3-5-15(10)29-18(21)22)25-19-23-9-11(2)17(27-19)24-13-4-6-16-14(8-13)26-20(28)30-16/h3-9,18H,1-2H3,(H,26,28)(H2,23,24,25,27). The zero-order valence-corrected chi connectivity index (χ0v) is 16.0. The van der Waals surface area contributed by atoms with E-state index in [1.807, 2.05) is 6.92 Å². The molecule has 0 unspecified atom stereocenters. The molecule has 10 heteroatoms. The average molecular weight is 413 g/mol. The zero-order chi connectivity index (χ0) is 21.3. The van der Waals surface area contributed by atoms with Crippen molar-refractivity contribution in [1.29, 1.82) is 0 Å². The molecule has 0 aliphatic heterocycles. The Morgan fingerprint density at radius 1 is 1.07 bits per heavy atom. The van der Waals surface area contributed by atoms with Gasteiger partial charge in [0.15, 0.2) is 5.58 Å². The molecule has 0 aliphatic carbocycles. The number of ether oxygens (including phenoxy) is 1. The first-order chi connectivity index (χ1) is 14.4. The number of nitrogens with one attached hydrogen (secondary N) is 3. The van der Waals surface area contributed by atoms with E-state index in [-0.39, 0.29) is 5.75 Å². The normalized spacial score (nSPS) is 11.1. The molecule has 30 heavy (non-hydrogen) atoms. The molecule has 3 N–H and O–H groups in total. The Morgan fingerprint density at radius 3 is 2.60 bits per heavy atom. The van der Waals surface area contributed by atoms with Crippen molar-refractivity contribution in [2.75, 3.05) is 10.6 Å². The summed E-state index contributed by atoms with van der Waals surface area (Å²) < 4.78 is 34.3. The summed E-state index contributed by atoms with van der Waals surface area (Å²) in [7, 11) is 0. The number of alkyl halides is 2. The monoisotopic (exact) mass is 413 g/mol. The number of H-pyrrole nitrogens is 1. The molecule has 2 heterocycles. The van der Waals surface area contributed by atoms with E-state index in [2.05, 4.69) is 30.3 Å². The van der Waals surface area contributed by atoms with Crippen LogP contribution in [-0.2, 0) is 0 Å². The quantitative estimate of drug-likeness (QED) is 0.424. The van der Waals surface area contributed by atoms with Gasteiger partial charge in [0.1, 0.15) is 11.6 Å². The van der Waals surface area contributed by atoms with Crippen LogP contribution in [0.15, 0.2) is 51.8 Å². The van der Waals surface area contributed by atoms with Crippen molar-refractivity contribution < 1.29 is 17.9 Å². The fourth-order valence-corrected chi connectivity index (χ4v) is 2.88. The van der Waals surface area contributed by atoms with Gasteiger partial charge in [-0.2, -0.15) is 13.8 Å². The highest BCUT2D eigenvalue weighted by atomic mass is 19.3. The maximum atomic E-state index is 12.4. The van der Waals surface area contributed by atoms with Gasteiger partial charge in [-0.3, -0.25) is 4.98 Å². The van der Waals surface area contributed by atoms with Crippen LogP contribution < -0.4 is 21.1 Å². The second kappa shape index (κ2) is 7.82. The number of hydrogen-bond acceptors (Lipinski definition) is 7. The Morgan fingerprint density at radius 2 is 1.83 bits per heavy atom. The lowest BCUT2D eigenvalue weighted by atomic mass is 10.2. The molecule has 0 atom stereocenters. The summed E-state index contributed by atoms with van der Waals surface area (Å²) in [6.07, 6.45) is 1.65. The van der Waals surface area contributed by atoms with E-state index < -0.39 is 12.4 Å². The number of rotatable bonds is 6. The van der Waals surface area contributed by atoms with E-state index in [4.69, 9.17) is 4.42 Å². The first kappa shape index (κ1) is 19.4. The van der Waals surface area contributed by atoms with Gasteiger partial charge >= 0.3 is 12.4 Å². The lowest BCUT2D eigenvalue weighted by Gasteiger charge is -2.12. The lowest BCUT2D eigenvalue weighted by molar-refractivity contribution is -0.0502. The zero-order valence-electron chi connectivity index (χ0n) is 16.0. The summed E-state index contributed by atoms with van der Waals surface area (Å²) in [5.41, 5.74) is 3.71. The summed E-state index contributed by atoms with van der Waals surface area (Å²) in [6, 6.07) is 9.90. The highest BCUT2D eigenvalue weighted by Gasteiger charge is 2.10. The van der Waals surface area contributed by atoms with Gasteiger partial charge in [0.2, 0.25) is 5.95 Å². The van der Waals surface area contributed by atoms with Crippen LogP contribution in [0.3, 0.4) is 0 Å². The molecule has 4 aromatic rings. The number of benzene rings is 2. The summed E-state index contributed by atoms with van der Waals surface area (Å²) in [4.78, 5) is 22.6. The molecule has 0 saturated carbocycles. The first-order valence-electron chi connectivity index (χ1n) is 8.93. The van der Waals surface area contributed by atoms with E-state index in [1.54, 1.807) is 43.5 Å². The number of halogens is 2. The van der Waals surface area contributed by atoms with Crippen LogP contribution in [-0.4, -0.2) is 21.6 Å².